The van der Waals surface area contributed by atoms with Gasteiger partial charge in [0.1, 0.15) is 15.8 Å². The third-order valence-electron chi connectivity index (χ3n) is 4.40. The SMILES string of the molecule is COc1ccc(OC)c(/C=C2\SC(=S)N([C@H](Cc3ccccc3)C(=O)[O-])C2=O)c1. The van der Waals surface area contributed by atoms with Crippen LogP contribution in [0.2, 0.25) is 0 Å². The molecule has 0 radical (unpaired) electrons. The number of carboxylic acid groups (broad SMARTS) is 1. The predicted octanol–water partition coefficient (Wildman–Crippen LogP) is 2.27. The quantitative estimate of drug-likeness (QED) is 0.494. The van der Waals surface area contributed by atoms with Crippen LogP contribution in [0, 0.1) is 0 Å². The van der Waals surface area contributed by atoms with Crippen molar-refractivity contribution in [2.24, 2.45) is 0 Å². The van der Waals surface area contributed by atoms with E-state index in [0.717, 1.165) is 22.2 Å². The topological polar surface area (TPSA) is 78.9 Å². The molecule has 6 nitrogen and oxygen atoms in total. The van der Waals surface area contributed by atoms with Crippen LogP contribution in [0.15, 0.2) is 53.4 Å². The van der Waals surface area contributed by atoms with E-state index in [1.54, 1.807) is 55.7 Å². The van der Waals surface area contributed by atoms with Gasteiger partial charge in [-0.25, -0.2) is 0 Å². The Morgan fingerprint density at radius 3 is 2.55 bits per heavy atom. The van der Waals surface area contributed by atoms with Crippen LogP contribution in [-0.2, 0) is 16.0 Å². The summed E-state index contributed by atoms with van der Waals surface area (Å²) in [6, 6.07) is 13.0. The number of rotatable bonds is 7. The fourth-order valence-electron chi connectivity index (χ4n) is 2.96. The van der Waals surface area contributed by atoms with Crippen LogP contribution in [0.25, 0.3) is 6.08 Å². The number of carbonyl (C=O) groups is 2. The highest BCUT2D eigenvalue weighted by Crippen LogP contribution is 2.36. The lowest BCUT2D eigenvalue weighted by molar-refractivity contribution is -0.310. The van der Waals surface area contributed by atoms with Crippen molar-refractivity contribution < 1.29 is 24.2 Å². The van der Waals surface area contributed by atoms with E-state index in [2.05, 4.69) is 0 Å². The Hall–Kier alpha value is -2.84. The Labute approximate surface area is 178 Å². The molecule has 2 aromatic carbocycles. The molecule has 0 aliphatic carbocycles. The van der Waals surface area contributed by atoms with Gasteiger partial charge in [-0.05, 0) is 36.3 Å². The average molecular weight is 429 g/mol. The molecule has 0 spiro atoms. The van der Waals surface area contributed by atoms with E-state index >= 15 is 0 Å². The lowest BCUT2D eigenvalue weighted by Gasteiger charge is -2.27. The fraction of sp³-hybridized carbons (Fsp3) is 0.190. The van der Waals surface area contributed by atoms with Crippen LogP contribution >= 0.6 is 24.0 Å². The Morgan fingerprint density at radius 2 is 1.93 bits per heavy atom. The molecule has 1 aliphatic rings. The summed E-state index contributed by atoms with van der Waals surface area (Å²) in [6.45, 7) is 0. The number of hydrogen-bond acceptors (Lipinski definition) is 7. The number of benzene rings is 2. The zero-order chi connectivity index (χ0) is 21.0. The molecule has 0 saturated carbocycles. The number of thioether (sulfide) groups is 1. The van der Waals surface area contributed by atoms with Crippen molar-refractivity contribution in [2.75, 3.05) is 14.2 Å². The molecule has 8 heteroatoms. The fourth-order valence-corrected chi connectivity index (χ4v) is 4.31. The second-order valence-electron chi connectivity index (χ2n) is 6.18. The molecule has 1 amide bonds. The van der Waals surface area contributed by atoms with Crippen LogP contribution in [0.5, 0.6) is 11.5 Å². The zero-order valence-electron chi connectivity index (χ0n) is 15.8. The monoisotopic (exact) mass is 428 g/mol. The first-order chi connectivity index (χ1) is 13.9. The standard InChI is InChI=1S/C21H19NO5S2/c1-26-15-8-9-17(27-2)14(11-15)12-18-19(23)22(21(28)29-18)16(20(24)25)10-13-6-4-3-5-7-13/h3-9,11-12,16H,10H2,1-2H3,(H,24,25)/p-1/b18-12-/t16-/m1/s1. The maximum atomic E-state index is 13.0. The minimum Gasteiger partial charge on any atom is -0.548 e. The molecule has 150 valence electrons. The van der Waals surface area contributed by atoms with Crippen molar-refractivity contribution in [3.05, 3.63) is 64.6 Å². The molecule has 1 aliphatic heterocycles. The number of carboxylic acids is 1. The average Bonchev–Trinajstić information content (AvgIpc) is 2.99. The second-order valence-corrected chi connectivity index (χ2v) is 7.86. The summed E-state index contributed by atoms with van der Waals surface area (Å²) in [5.74, 6) is -0.679. The Morgan fingerprint density at radius 1 is 1.21 bits per heavy atom. The first-order valence-electron chi connectivity index (χ1n) is 8.68. The van der Waals surface area contributed by atoms with Gasteiger partial charge in [-0.1, -0.05) is 54.3 Å². The van der Waals surface area contributed by atoms with E-state index in [9.17, 15) is 14.7 Å². The van der Waals surface area contributed by atoms with E-state index < -0.39 is 17.9 Å². The first-order valence-corrected chi connectivity index (χ1v) is 9.91. The maximum absolute atomic E-state index is 13.0. The molecule has 0 bridgehead atoms. The van der Waals surface area contributed by atoms with Crippen molar-refractivity contribution in [3.63, 3.8) is 0 Å². The lowest BCUT2D eigenvalue weighted by atomic mass is 10.0. The highest BCUT2D eigenvalue weighted by atomic mass is 32.2. The number of hydrogen-bond donors (Lipinski definition) is 0. The lowest BCUT2D eigenvalue weighted by Crippen LogP contribution is -2.51. The molecule has 0 N–H and O–H groups in total. The van der Waals surface area contributed by atoms with Crippen LogP contribution in [0.3, 0.4) is 0 Å². The van der Waals surface area contributed by atoms with E-state index in [1.807, 2.05) is 6.07 Å². The smallest absolute Gasteiger partial charge is 0.266 e. The molecule has 29 heavy (non-hydrogen) atoms. The number of aliphatic carboxylic acids is 1. The number of nitrogens with zero attached hydrogens (tertiary/aromatic N) is 1. The summed E-state index contributed by atoms with van der Waals surface area (Å²) < 4.78 is 10.7. The van der Waals surface area contributed by atoms with E-state index in [-0.39, 0.29) is 10.7 Å². The van der Waals surface area contributed by atoms with E-state index in [1.165, 1.54) is 7.11 Å². The van der Waals surface area contributed by atoms with Crippen molar-refractivity contribution >= 4 is 46.3 Å². The van der Waals surface area contributed by atoms with Gasteiger partial charge in [-0.3, -0.25) is 9.69 Å². The zero-order valence-corrected chi connectivity index (χ0v) is 17.4. The molecular weight excluding hydrogens is 410 g/mol. The summed E-state index contributed by atoms with van der Waals surface area (Å²) in [4.78, 5) is 26.2. The largest absolute Gasteiger partial charge is 0.548 e. The molecule has 1 heterocycles. The Kier molecular flexibility index (Phi) is 6.56. The van der Waals surface area contributed by atoms with Gasteiger partial charge in [0.25, 0.3) is 5.91 Å². The second kappa shape index (κ2) is 9.11. The van der Waals surface area contributed by atoms with Gasteiger partial charge < -0.3 is 19.4 Å². The number of methoxy groups -OCH3 is 2. The molecule has 1 saturated heterocycles. The van der Waals surface area contributed by atoms with E-state index in [0.29, 0.717) is 22.0 Å². The number of carbonyl (C=O) groups excluding carboxylic acids is 2. The van der Waals surface area contributed by atoms with Crippen LogP contribution in [-0.4, -0.2) is 41.4 Å². The predicted molar refractivity (Wildman–Crippen MR) is 113 cm³/mol. The van der Waals surface area contributed by atoms with E-state index in [4.69, 9.17) is 21.7 Å². The molecule has 1 fully saturated rings. The maximum Gasteiger partial charge on any atom is 0.266 e. The normalized spacial score (nSPS) is 16.2. The summed E-state index contributed by atoms with van der Waals surface area (Å²) >= 11 is 6.36. The van der Waals surface area contributed by atoms with Gasteiger partial charge in [0, 0.05) is 5.56 Å². The Balaban J connectivity index is 1.92. The summed E-state index contributed by atoms with van der Waals surface area (Å²) in [5.41, 5.74) is 1.40. The molecule has 2 aromatic rings. The third-order valence-corrected chi connectivity index (χ3v) is 5.73. The van der Waals surface area contributed by atoms with Crippen LogP contribution in [0.4, 0.5) is 0 Å². The number of ether oxygens (including phenoxy) is 2. The van der Waals surface area contributed by atoms with Crippen molar-refractivity contribution in [1.82, 2.24) is 4.90 Å². The molecule has 1 atom stereocenters. The summed E-state index contributed by atoms with van der Waals surface area (Å²) in [7, 11) is 3.06. The van der Waals surface area contributed by atoms with Gasteiger partial charge in [0.2, 0.25) is 0 Å². The Bertz CT molecular complexity index is 974. The van der Waals surface area contributed by atoms with Gasteiger partial charge >= 0.3 is 0 Å². The minimum atomic E-state index is -1.36. The van der Waals surface area contributed by atoms with Crippen LogP contribution in [0.1, 0.15) is 11.1 Å². The molecule has 0 aromatic heterocycles. The molecule has 3 rings (SSSR count). The highest BCUT2D eigenvalue weighted by Gasteiger charge is 2.38. The number of thiocarbonyl (C=S) groups is 1. The third kappa shape index (κ3) is 4.60. The first kappa shape index (κ1) is 20.9. The van der Waals surface area contributed by atoms with Gasteiger partial charge in [-0.15, -0.1) is 0 Å². The molecular formula is C21H18NO5S2-. The summed E-state index contributed by atoms with van der Waals surface area (Å²) in [5, 5.41) is 11.8. The summed E-state index contributed by atoms with van der Waals surface area (Å²) in [6.07, 6.45) is 1.72. The number of amides is 1. The van der Waals surface area contributed by atoms with Crippen LogP contribution < -0.4 is 14.6 Å². The van der Waals surface area contributed by atoms with Gasteiger partial charge in [0.05, 0.1) is 31.1 Å². The van der Waals surface area contributed by atoms with Crippen molar-refractivity contribution in [3.8, 4) is 11.5 Å². The minimum absolute atomic E-state index is 0.103. The van der Waals surface area contributed by atoms with Gasteiger partial charge in [-0.2, -0.15) is 0 Å². The van der Waals surface area contributed by atoms with Crippen molar-refractivity contribution in [1.29, 1.82) is 0 Å². The van der Waals surface area contributed by atoms with Crippen molar-refractivity contribution in [2.45, 2.75) is 12.5 Å². The highest BCUT2D eigenvalue weighted by molar-refractivity contribution is 8.26. The molecule has 0 unspecified atom stereocenters. The van der Waals surface area contributed by atoms with Gasteiger partial charge in [0.15, 0.2) is 0 Å².